The van der Waals surface area contributed by atoms with E-state index < -0.39 is 35.9 Å². The first-order valence-electron chi connectivity index (χ1n) is 10.5. The zero-order valence-electron chi connectivity index (χ0n) is 18.0. The Labute approximate surface area is 183 Å². The Bertz CT molecular complexity index is 858. The molecular formula is C24H31N3O4. The summed E-state index contributed by atoms with van der Waals surface area (Å²) in [5.41, 5.74) is 7.83. The van der Waals surface area contributed by atoms with Gasteiger partial charge in [0, 0.05) is 6.42 Å². The molecule has 0 saturated carbocycles. The lowest BCUT2D eigenvalue weighted by molar-refractivity contribution is -0.143. The van der Waals surface area contributed by atoms with Crippen molar-refractivity contribution in [1.29, 1.82) is 0 Å². The summed E-state index contributed by atoms with van der Waals surface area (Å²) in [5.74, 6) is -2.37. The summed E-state index contributed by atoms with van der Waals surface area (Å²) >= 11 is 0. The third kappa shape index (κ3) is 7.53. The van der Waals surface area contributed by atoms with Crippen molar-refractivity contribution < 1.29 is 19.5 Å². The van der Waals surface area contributed by atoms with Crippen LogP contribution in [0.5, 0.6) is 0 Å². The van der Waals surface area contributed by atoms with Crippen molar-refractivity contribution in [2.24, 2.45) is 11.7 Å². The van der Waals surface area contributed by atoms with Crippen LogP contribution in [0, 0.1) is 5.92 Å². The standard InChI is InChI=1S/C24H31N3O4/c1-3-16(2)21(24(30)31)27-23(29)20(15-18-12-8-5-9-13-18)26-22(28)19(25)14-17-10-6-4-7-11-17/h4-13,16,19-21H,3,14-15,25H2,1-2H3,(H,26,28)(H,27,29)(H,30,31). The quantitative estimate of drug-likeness (QED) is 0.438. The minimum Gasteiger partial charge on any atom is -0.480 e. The predicted molar refractivity (Wildman–Crippen MR) is 119 cm³/mol. The Hall–Kier alpha value is -3.19. The highest BCUT2D eigenvalue weighted by molar-refractivity contribution is 5.92. The van der Waals surface area contributed by atoms with Gasteiger partial charge < -0.3 is 21.5 Å². The topological polar surface area (TPSA) is 122 Å². The van der Waals surface area contributed by atoms with Gasteiger partial charge in [0.1, 0.15) is 12.1 Å². The number of hydrogen-bond acceptors (Lipinski definition) is 4. The summed E-state index contributed by atoms with van der Waals surface area (Å²) < 4.78 is 0. The van der Waals surface area contributed by atoms with Gasteiger partial charge >= 0.3 is 5.97 Å². The fraction of sp³-hybridized carbons (Fsp3) is 0.375. The van der Waals surface area contributed by atoms with Crippen LogP contribution in [0.15, 0.2) is 60.7 Å². The Morgan fingerprint density at radius 1 is 0.871 bits per heavy atom. The van der Waals surface area contributed by atoms with E-state index >= 15 is 0 Å². The molecule has 166 valence electrons. The molecule has 2 amide bonds. The zero-order valence-corrected chi connectivity index (χ0v) is 18.0. The lowest BCUT2D eigenvalue weighted by Crippen LogP contribution is -2.56. The van der Waals surface area contributed by atoms with Crippen molar-refractivity contribution in [3.8, 4) is 0 Å². The van der Waals surface area contributed by atoms with Gasteiger partial charge in [-0.05, 0) is 23.5 Å². The van der Waals surface area contributed by atoms with E-state index in [0.717, 1.165) is 11.1 Å². The van der Waals surface area contributed by atoms with E-state index in [4.69, 9.17) is 5.73 Å². The summed E-state index contributed by atoms with van der Waals surface area (Å²) in [5, 5.41) is 14.8. The number of carbonyl (C=O) groups excluding carboxylic acids is 2. The van der Waals surface area contributed by atoms with E-state index in [1.165, 1.54) is 0 Å². The molecule has 31 heavy (non-hydrogen) atoms. The van der Waals surface area contributed by atoms with Crippen LogP contribution in [0.4, 0.5) is 0 Å². The van der Waals surface area contributed by atoms with Crippen molar-refractivity contribution >= 4 is 17.8 Å². The van der Waals surface area contributed by atoms with Gasteiger partial charge in [0.2, 0.25) is 11.8 Å². The molecule has 0 spiro atoms. The normalized spacial score (nSPS) is 14.7. The molecule has 4 unspecified atom stereocenters. The molecule has 7 heteroatoms. The lowest BCUT2D eigenvalue weighted by atomic mass is 9.98. The third-order valence-electron chi connectivity index (χ3n) is 5.33. The van der Waals surface area contributed by atoms with Gasteiger partial charge in [-0.25, -0.2) is 4.79 Å². The number of carboxylic acids is 1. The van der Waals surface area contributed by atoms with E-state index in [1.807, 2.05) is 67.6 Å². The second-order valence-electron chi connectivity index (χ2n) is 7.76. The number of aliphatic carboxylic acids is 1. The Morgan fingerprint density at radius 3 is 1.87 bits per heavy atom. The molecule has 2 rings (SSSR count). The molecule has 0 saturated heterocycles. The zero-order chi connectivity index (χ0) is 22.8. The maximum Gasteiger partial charge on any atom is 0.326 e. The van der Waals surface area contributed by atoms with Crippen LogP contribution in [0.3, 0.4) is 0 Å². The second kappa shape index (κ2) is 11.9. The van der Waals surface area contributed by atoms with Crippen molar-refractivity contribution in [1.82, 2.24) is 10.6 Å². The number of carboxylic acid groups (broad SMARTS) is 1. The van der Waals surface area contributed by atoms with Crippen LogP contribution in [-0.2, 0) is 27.2 Å². The van der Waals surface area contributed by atoms with Crippen molar-refractivity contribution in [2.75, 3.05) is 0 Å². The summed E-state index contributed by atoms with van der Waals surface area (Å²) in [6, 6.07) is 15.8. The Kier molecular flexibility index (Phi) is 9.21. The van der Waals surface area contributed by atoms with Crippen LogP contribution in [-0.4, -0.2) is 41.0 Å². The van der Waals surface area contributed by atoms with Gasteiger partial charge in [-0.2, -0.15) is 0 Å². The number of carbonyl (C=O) groups is 3. The minimum absolute atomic E-state index is 0.226. The smallest absolute Gasteiger partial charge is 0.326 e. The van der Waals surface area contributed by atoms with E-state index in [-0.39, 0.29) is 12.3 Å². The van der Waals surface area contributed by atoms with Crippen molar-refractivity contribution in [3.63, 3.8) is 0 Å². The first-order valence-corrected chi connectivity index (χ1v) is 10.5. The average molecular weight is 426 g/mol. The number of benzene rings is 2. The highest BCUT2D eigenvalue weighted by atomic mass is 16.4. The number of rotatable bonds is 11. The maximum atomic E-state index is 13.0. The average Bonchev–Trinajstić information content (AvgIpc) is 2.77. The highest BCUT2D eigenvalue weighted by Gasteiger charge is 2.30. The third-order valence-corrected chi connectivity index (χ3v) is 5.33. The Balaban J connectivity index is 2.14. The number of nitrogens with two attached hydrogens (primary N) is 1. The first-order chi connectivity index (χ1) is 14.8. The molecule has 0 fully saturated rings. The highest BCUT2D eigenvalue weighted by Crippen LogP contribution is 2.10. The van der Waals surface area contributed by atoms with Gasteiger partial charge in [-0.1, -0.05) is 80.9 Å². The summed E-state index contributed by atoms with van der Waals surface area (Å²) in [7, 11) is 0. The van der Waals surface area contributed by atoms with E-state index in [0.29, 0.717) is 12.8 Å². The van der Waals surface area contributed by atoms with Crippen LogP contribution in [0.25, 0.3) is 0 Å². The van der Waals surface area contributed by atoms with Crippen LogP contribution >= 0.6 is 0 Å². The summed E-state index contributed by atoms with van der Waals surface area (Å²) in [6.07, 6.45) is 1.15. The van der Waals surface area contributed by atoms with E-state index in [9.17, 15) is 19.5 Å². The summed E-state index contributed by atoms with van der Waals surface area (Å²) in [4.78, 5) is 37.3. The molecule has 0 aromatic heterocycles. The number of hydrogen-bond donors (Lipinski definition) is 4. The molecule has 0 aliphatic rings. The molecule has 0 radical (unpaired) electrons. The second-order valence-corrected chi connectivity index (χ2v) is 7.76. The molecule has 0 aliphatic heterocycles. The number of nitrogens with one attached hydrogen (secondary N) is 2. The van der Waals surface area contributed by atoms with Gasteiger partial charge in [-0.3, -0.25) is 9.59 Å². The summed E-state index contributed by atoms with van der Waals surface area (Å²) in [6.45, 7) is 3.62. The van der Waals surface area contributed by atoms with Crippen LogP contribution in [0.1, 0.15) is 31.4 Å². The molecule has 4 atom stereocenters. The van der Waals surface area contributed by atoms with Crippen LogP contribution in [0.2, 0.25) is 0 Å². The van der Waals surface area contributed by atoms with E-state index in [2.05, 4.69) is 10.6 Å². The Morgan fingerprint density at radius 2 is 1.39 bits per heavy atom. The largest absolute Gasteiger partial charge is 0.480 e. The van der Waals surface area contributed by atoms with Crippen LogP contribution < -0.4 is 16.4 Å². The van der Waals surface area contributed by atoms with Gasteiger partial charge in [0.15, 0.2) is 0 Å². The molecule has 0 bridgehead atoms. The fourth-order valence-electron chi connectivity index (χ4n) is 3.24. The molecular weight excluding hydrogens is 394 g/mol. The molecule has 2 aromatic rings. The maximum absolute atomic E-state index is 13.0. The number of amides is 2. The van der Waals surface area contributed by atoms with Crippen molar-refractivity contribution in [3.05, 3.63) is 71.8 Å². The monoisotopic (exact) mass is 425 g/mol. The predicted octanol–water partition coefficient (Wildman–Crippen LogP) is 1.90. The first kappa shape index (κ1) is 24.1. The minimum atomic E-state index is -1.10. The fourth-order valence-corrected chi connectivity index (χ4v) is 3.24. The molecule has 0 aliphatic carbocycles. The lowest BCUT2D eigenvalue weighted by Gasteiger charge is -2.25. The molecule has 0 heterocycles. The molecule has 2 aromatic carbocycles. The van der Waals surface area contributed by atoms with E-state index in [1.54, 1.807) is 6.92 Å². The van der Waals surface area contributed by atoms with Gasteiger partial charge in [-0.15, -0.1) is 0 Å². The SMILES string of the molecule is CCC(C)C(NC(=O)C(Cc1ccccc1)NC(=O)C(N)Cc1ccccc1)C(=O)O. The van der Waals surface area contributed by atoms with Gasteiger partial charge in [0.05, 0.1) is 6.04 Å². The van der Waals surface area contributed by atoms with Gasteiger partial charge in [0.25, 0.3) is 0 Å². The molecule has 5 N–H and O–H groups in total. The van der Waals surface area contributed by atoms with Crippen molar-refractivity contribution in [2.45, 2.75) is 51.2 Å². The molecule has 7 nitrogen and oxygen atoms in total.